The molecule has 0 heterocycles. The first kappa shape index (κ1) is 16.4. The van der Waals surface area contributed by atoms with Crippen LogP contribution in [-0.2, 0) is 0 Å². The first-order valence-electron chi connectivity index (χ1n) is 4.98. The molecule has 0 atom stereocenters. The molecule has 0 fully saturated rings. The third-order valence-electron chi connectivity index (χ3n) is 1.95. The fraction of sp³-hybridized carbons (Fsp3) is 0. The number of allylic oxidation sites excluding steroid dienone is 2. The normalized spacial score (nSPS) is 7.85. The van der Waals surface area contributed by atoms with E-state index < -0.39 is 5.75 Å². The molecular formula is C13H10N4O3. The monoisotopic (exact) mass is 270 g/mol. The highest BCUT2D eigenvalue weighted by molar-refractivity contribution is 5.50. The summed E-state index contributed by atoms with van der Waals surface area (Å²) in [7, 11) is 0. The predicted molar refractivity (Wildman–Crippen MR) is 68.6 cm³/mol. The van der Waals surface area contributed by atoms with E-state index in [9.17, 15) is 0 Å². The molecule has 0 radical (unpaired) electrons. The Labute approximate surface area is 115 Å². The van der Waals surface area contributed by atoms with Crippen LogP contribution in [0.3, 0.4) is 0 Å². The maximum absolute atomic E-state index is 8.71. The molecule has 0 aromatic heterocycles. The number of rotatable bonds is 1. The molecule has 1 aromatic rings. The summed E-state index contributed by atoms with van der Waals surface area (Å²) < 4.78 is 0. The van der Waals surface area contributed by atoms with Gasteiger partial charge in [0.05, 0.1) is 11.3 Å². The van der Waals surface area contributed by atoms with Gasteiger partial charge >= 0.3 is 0 Å². The largest absolute Gasteiger partial charge is 0.504 e. The van der Waals surface area contributed by atoms with Gasteiger partial charge < -0.3 is 21.1 Å². The highest BCUT2D eigenvalue weighted by Gasteiger charge is 2.03. The summed E-state index contributed by atoms with van der Waals surface area (Å²) >= 11 is 0. The molecule has 0 saturated carbocycles. The number of nitriles is 3. The lowest BCUT2D eigenvalue weighted by molar-refractivity contribution is 0.368. The van der Waals surface area contributed by atoms with Crippen LogP contribution in [0.4, 0.5) is 0 Å². The van der Waals surface area contributed by atoms with Gasteiger partial charge in [-0.2, -0.15) is 15.8 Å². The Morgan fingerprint density at radius 3 is 1.75 bits per heavy atom. The summed E-state index contributed by atoms with van der Waals surface area (Å²) in [5.74, 6) is -1.09. The summed E-state index contributed by atoms with van der Waals surface area (Å²) in [6.07, 6.45) is 0. The van der Waals surface area contributed by atoms with E-state index in [1.807, 2.05) is 0 Å². The molecule has 1 aromatic carbocycles. The van der Waals surface area contributed by atoms with E-state index in [4.69, 9.17) is 36.8 Å². The van der Waals surface area contributed by atoms with Crippen LogP contribution < -0.4 is 5.73 Å². The van der Waals surface area contributed by atoms with E-state index >= 15 is 0 Å². The minimum Gasteiger partial charge on any atom is -0.504 e. The van der Waals surface area contributed by atoms with Gasteiger partial charge in [0.1, 0.15) is 18.2 Å². The van der Waals surface area contributed by atoms with E-state index in [1.165, 1.54) is 18.2 Å². The Morgan fingerprint density at radius 2 is 1.45 bits per heavy atom. The van der Waals surface area contributed by atoms with Gasteiger partial charge in [0.15, 0.2) is 22.8 Å². The number of benzene rings is 1. The lowest BCUT2D eigenvalue weighted by Gasteiger charge is -1.96. The number of hydrogen-bond donors (Lipinski definition) is 4. The Balaban J connectivity index is 0.000000367. The molecule has 0 aliphatic heterocycles. The third-order valence-corrected chi connectivity index (χ3v) is 1.95. The summed E-state index contributed by atoms with van der Waals surface area (Å²) in [5.41, 5.74) is 4.70. The fourth-order valence-electron chi connectivity index (χ4n) is 0.876. The SMILES string of the molecule is C=C(C#N)C(N)=C(C#N)C#N.Oc1cccc(O)c1O. The van der Waals surface area contributed by atoms with E-state index in [0.717, 1.165) is 0 Å². The van der Waals surface area contributed by atoms with Gasteiger partial charge in [-0.15, -0.1) is 0 Å². The van der Waals surface area contributed by atoms with Crippen molar-refractivity contribution in [3.63, 3.8) is 0 Å². The van der Waals surface area contributed by atoms with Crippen LogP contribution in [0.2, 0.25) is 0 Å². The highest BCUT2D eigenvalue weighted by atomic mass is 16.3. The molecule has 20 heavy (non-hydrogen) atoms. The zero-order chi connectivity index (χ0) is 15.7. The molecule has 1 rings (SSSR count). The molecule has 0 unspecified atom stereocenters. The Kier molecular flexibility index (Phi) is 6.26. The molecule has 0 bridgehead atoms. The second-order valence-electron chi connectivity index (χ2n) is 3.25. The number of phenolic OH excluding ortho intramolecular Hbond substituents is 3. The number of nitrogens with two attached hydrogens (primary N) is 1. The van der Waals surface area contributed by atoms with Gasteiger partial charge in [0.2, 0.25) is 0 Å². The van der Waals surface area contributed by atoms with Gasteiger partial charge in [-0.25, -0.2) is 0 Å². The van der Waals surface area contributed by atoms with Crippen molar-refractivity contribution in [2.24, 2.45) is 5.73 Å². The second kappa shape index (κ2) is 7.65. The summed E-state index contributed by atoms with van der Waals surface area (Å²) in [6.45, 7) is 3.24. The standard InChI is InChI=1S/C7H4N4.C6H6O3/c1-5(2-8)7(11)6(3-9)4-10;7-4-2-1-3-5(8)6(4)9/h1,11H2;1-3,7-9H. The summed E-state index contributed by atoms with van der Waals surface area (Å²) in [4.78, 5) is 0. The van der Waals surface area contributed by atoms with Crippen LogP contribution >= 0.6 is 0 Å². The van der Waals surface area contributed by atoms with Crippen LogP contribution in [0.1, 0.15) is 0 Å². The van der Waals surface area contributed by atoms with Gasteiger partial charge in [-0.05, 0) is 12.1 Å². The Bertz CT molecular complexity index is 636. The lowest BCUT2D eigenvalue weighted by Crippen LogP contribution is -2.02. The molecular weight excluding hydrogens is 260 g/mol. The van der Waals surface area contributed by atoms with E-state index in [-0.39, 0.29) is 28.3 Å². The molecule has 0 amide bonds. The Morgan fingerprint density at radius 1 is 1.00 bits per heavy atom. The second-order valence-corrected chi connectivity index (χ2v) is 3.25. The van der Waals surface area contributed by atoms with Gasteiger partial charge in [0.25, 0.3) is 0 Å². The lowest BCUT2D eigenvalue weighted by atomic mass is 10.1. The highest BCUT2D eigenvalue weighted by Crippen LogP contribution is 2.32. The molecule has 7 heteroatoms. The van der Waals surface area contributed by atoms with Crippen LogP contribution in [-0.4, -0.2) is 15.3 Å². The average Bonchev–Trinajstić information content (AvgIpc) is 2.45. The summed E-state index contributed by atoms with van der Waals surface area (Å²) in [5, 5.41) is 50.9. The minimum atomic E-state index is -0.475. The smallest absolute Gasteiger partial charge is 0.200 e. The number of phenols is 3. The average molecular weight is 270 g/mol. The first-order valence-corrected chi connectivity index (χ1v) is 4.98. The van der Waals surface area contributed by atoms with Crippen molar-refractivity contribution in [1.82, 2.24) is 0 Å². The van der Waals surface area contributed by atoms with Gasteiger partial charge in [-0.1, -0.05) is 12.6 Å². The predicted octanol–water partition coefficient (Wildman–Crippen LogP) is 1.13. The van der Waals surface area contributed by atoms with Crippen molar-refractivity contribution in [3.8, 4) is 35.5 Å². The molecule has 5 N–H and O–H groups in total. The Hall–Kier alpha value is -3.63. The quantitative estimate of drug-likeness (QED) is 0.338. The number of para-hydroxylation sites is 1. The van der Waals surface area contributed by atoms with Crippen molar-refractivity contribution in [1.29, 1.82) is 15.8 Å². The van der Waals surface area contributed by atoms with E-state index in [2.05, 4.69) is 6.58 Å². The molecule has 0 aliphatic carbocycles. The topological polar surface area (TPSA) is 158 Å². The molecule has 7 nitrogen and oxygen atoms in total. The zero-order valence-corrected chi connectivity index (χ0v) is 10.2. The van der Waals surface area contributed by atoms with Crippen molar-refractivity contribution < 1.29 is 15.3 Å². The maximum Gasteiger partial charge on any atom is 0.200 e. The van der Waals surface area contributed by atoms with Crippen LogP contribution in [0.25, 0.3) is 0 Å². The van der Waals surface area contributed by atoms with Crippen molar-refractivity contribution >= 4 is 0 Å². The van der Waals surface area contributed by atoms with Crippen LogP contribution in [0.5, 0.6) is 17.2 Å². The zero-order valence-electron chi connectivity index (χ0n) is 10.2. The van der Waals surface area contributed by atoms with Gasteiger partial charge in [0, 0.05) is 0 Å². The van der Waals surface area contributed by atoms with Crippen molar-refractivity contribution in [3.05, 3.63) is 41.6 Å². The van der Waals surface area contributed by atoms with Crippen LogP contribution in [0, 0.1) is 34.0 Å². The number of nitrogens with zero attached hydrogens (tertiary/aromatic N) is 3. The minimum absolute atomic E-state index is 0.0666. The molecule has 100 valence electrons. The fourth-order valence-corrected chi connectivity index (χ4v) is 0.876. The molecule has 0 saturated heterocycles. The van der Waals surface area contributed by atoms with E-state index in [1.54, 1.807) is 18.2 Å². The first-order chi connectivity index (χ1) is 9.38. The third kappa shape index (κ3) is 4.33. The van der Waals surface area contributed by atoms with Crippen molar-refractivity contribution in [2.75, 3.05) is 0 Å². The number of aromatic hydroxyl groups is 3. The van der Waals surface area contributed by atoms with Crippen LogP contribution in [0.15, 0.2) is 41.6 Å². The van der Waals surface area contributed by atoms with Crippen molar-refractivity contribution in [2.45, 2.75) is 0 Å². The van der Waals surface area contributed by atoms with E-state index in [0.29, 0.717) is 0 Å². The number of hydrogen-bond acceptors (Lipinski definition) is 7. The van der Waals surface area contributed by atoms with Gasteiger partial charge in [-0.3, -0.25) is 0 Å². The molecule has 0 spiro atoms. The molecule has 0 aliphatic rings. The summed E-state index contributed by atoms with van der Waals surface area (Å²) in [6, 6.07) is 8.74. The maximum atomic E-state index is 8.71.